The number of carbonyl (C=O) groups excluding carboxylic acids is 1. The molecule has 0 bridgehead atoms. The van der Waals surface area contributed by atoms with Gasteiger partial charge < -0.3 is 29.7 Å². The molecule has 1 atom stereocenters. The Morgan fingerprint density at radius 2 is 1.82 bits per heavy atom. The van der Waals surface area contributed by atoms with Gasteiger partial charge in [0.15, 0.2) is 11.5 Å². The first-order chi connectivity index (χ1) is 18.1. The molecule has 0 aliphatic heterocycles. The minimum absolute atomic E-state index is 0.297. The molecule has 3 aromatic rings. The molecule has 38 heavy (non-hydrogen) atoms. The molecule has 1 saturated carbocycles. The van der Waals surface area contributed by atoms with Crippen LogP contribution in [-0.2, 0) is 9.59 Å². The fourth-order valence-corrected chi connectivity index (χ4v) is 4.18. The van der Waals surface area contributed by atoms with Gasteiger partial charge in [-0.15, -0.1) is 0 Å². The summed E-state index contributed by atoms with van der Waals surface area (Å²) >= 11 is 0. The Bertz CT molecular complexity index is 1310. The number of rotatable bonds is 12. The third-order valence-corrected chi connectivity index (χ3v) is 6.78. The fraction of sp³-hybridized carbons (Fsp3) is 0.414. The number of aliphatic carboxylic acids is 1. The minimum atomic E-state index is -1.28. The van der Waals surface area contributed by atoms with Crippen molar-refractivity contribution in [1.82, 2.24) is 10.3 Å². The summed E-state index contributed by atoms with van der Waals surface area (Å²) in [6.07, 6.45) is 3.48. The predicted octanol–water partition coefficient (Wildman–Crippen LogP) is 5.01. The number of carboxylic acid groups (broad SMARTS) is 1. The monoisotopic (exact) mass is 522 g/mol. The van der Waals surface area contributed by atoms with E-state index >= 15 is 0 Å². The van der Waals surface area contributed by atoms with Crippen molar-refractivity contribution in [3.8, 4) is 23.0 Å². The van der Waals surface area contributed by atoms with Crippen molar-refractivity contribution in [2.75, 3.05) is 13.7 Å². The van der Waals surface area contributed by atoms with Crippen LogP contribution in [0.4, 0.5) is 0 Å². The topological polar surface area (TPSA) is 127 Å². The van der Waals surface area contributed by atoms with Crippen LogP contribution in [-0.4, -0.2) is 46.4 Å². The van der Waals surface area contributed by atoms with Crippen LogP contribution in [0, 0.1) is 5.41 Å². The molecule has 3 N–H and O–H groups in total. The lowest BCUT2D eigenvalue weighted by molar-refractivity contribution is -0.149. The van der Waals surface area contributed by atoms with Crippen LogP contribution in [0.25, 0.3) is 10.9 Å². The molecule has 1 aliphatic carbocycles. The van der Waals surface area contributed by atoms with Crippen LogP contribution >= 0.6 is 0 Å². The molecule has 1 unspecified atom stereocenters. The van der Waals surface area contributed by atoms with Crippen LogP contribution in [0.15, 0.2) is 48.7 Å². The van der Waals surface area contributed by atoms with Gasteiger partial charge in [-0.3, -0.25) is 14.6 Å². The lowest BCUT2D eigenvalue weighted by Crippen LogP contribution is -2.39. The van der Waals surface area contributed by atoms with Crippen LogP contribution in [0.5, 0.6) is 23.0 Å². The number of carbonyl (C=O) groups is 2. The Labute approximate surface area is 221 Å². The van der Waals surface area contributed by atoms with Crippen molar-refractivity contribution in [3.63, 3.8) is 0 Å². The van der Waals surface area contributed by atoms with Gasteiger partial charge in [0.25, 0.3) is 0 Å². The van der Waals surface area contributed by atoms with Gasteiger partial charge in [-0.25, -0.2) is 0 Å². The summed E-state index contributed by atoms with van der Waals surface area (Å²) in [6, 6.07) is 12.4. The Balaban J connectivity index is 1.50. The van der Waals surface area contributed by atoms with Crippen LogP contribution in [0.2, 0.25) is 0 Å². The van der Waals surface area contributed by atoms with Gasteiger partial charge in [-0.2, -0.15) is 0 Å². The van der Waals surface area contributed by atoms with Gasteiger partial charge >= 0.3 is 5.97 Å². The van der Waals surface area contributed by atoms with Crippen molar-refractivity contribution in [3.05, 3.63) is 54.2 Å². The number of fused-ring (bicyclic) bond motifs is 1. The van der Waals surface area contributed by atoms with E-state index in [4.69, 9.17) is 14.2 Å². The molecule has 0 radical (unpaired) electrons. The highest BCUT2D eigenvalue weighted by Crippen LogP contribution is 2.46. The lowest BCUT2D eigenvalue weighted by Gasteiger charge is -2.20. The van der Waals surface area contributed by atoms with Gasteiger partial charge in [0, 0.05) is 24.1 Å². The molecule has 1 aromatic heterocycles. The molecular weight excluding hydrogens is 488 g/mol. The largest absolute Gasteiger partial charge is 0.493 e. The number of aliphatic hydroxyl groups is 1. The van der Waals surface area contributed by atoms with E-state index in [1.165, 1.54) is 0 Å². The Kier molecular flexibility index (Phi) is 7.78. The summed E-state index contributed by atoms with van der Waals surface area (Å²) < 4.78 is 17.5. The number of ether oxygens (including phenoxy) is 3. The number of methoxy groups -OCH3 is 1. The number of pyridine rings is 1. The molecule has 0 saturated heterocycles. The van der Waals surface area contributed by atoms with Crippen molar-refractivity contribution in [1.29, 1.82) is 0 Å². The molecule has 9 heteroatoms. The quantitative estimate of drug-likeness (QED) is 0.283. The van der Waals surface area contributed by atoms with Gasteiger partial charge in [-0.1, -0.05) is 19.1 Å². The second-order valence-electron chi connectivity index (χ2n) is 10.2. The third-order valence-electron chi connectivity index (χ3n) is 6.78. The predicted molar refractivity (Wildman–Crippen MR) is 142 cm³/mol. The van der Waals surface area contributed by atoms with E-state index in [1.54, 1.807) is 39.3 Å². The first-order valence-electron chi connectivity index (χ1n) is 12.7. The average molecular weight is 523 g/mol. The zero-order valence-electron chi connectivity index (χ0n) is 22.1. The summed E-state index contributed by atoms with van der Waals surface area (Å²) in [6.45, 7) is 5.72. The number of amides is 1. The number of hydrogen-bond donors (Lipinski definition) is 3. The standard InChI is InChI=1S/C29H34N2O7/c1-5-21(31-26(32)29(11-12-29)27(33)34)18-6-8-19(9-7-18)38-23-10-14-30-22-17-25(24(36-4)16-20(22)23)37-15-13-28(2,3)35/h6-10,14,16-17,21,35H,5,11-13,15H2,1-4H3,(H,31,32)(H,33,34). The van der Waals surface area contributed by atoms with Crippen LogP contribution < -0.4 is 19.5 Å². The summed E-state index contributed by atoms with van der Waals surface area (Å²) in [5.41, 5.74) is -0.581. The first-order valence-corrected chi connectivity index (χ1v) is 12.7. The number of nitrogens with zero attached hydrogens (tertiary/aromatic N) is 1. The van der Waals surface area contributed by atoms with E-state index in [2.05, 4.69) is 10.3 Å². The molecule has 9 nitrogen and oxygen atoms in total. The Morgan fingerprint density at radius 3 is 2.39 bits per heavy atom. The Hall–Kier alpha value is -3.85. The van der Waals surface area contributed by atoms with E-state index in [-0.39, 0.29) is 6.04 Å². The van der Waals surface area contributed by atoms with Crippen molar-refractivity contribution < 1.29 is 34.0 Å². The number of nitrogens with one attached hydrogen (secondary N) is 1. The smallest absolute Gasteiger partial charge is 0.319 e. The zero-order chi connectivity index (χ0) is 27.5. The highest BCUT2D eigenvalue weighted by atomic mass is 16.5. The van der Waals surface area contributed by atoms with Crippen LogP contribution in [0.1, 0.15) is 58.1 Å². The molecule has 2 aromatic carbocycles. The SMILES string of the molecule is CCC(NC(=O)C1(C(=O)O)CC1)c1ccc(Oc2ccnc3cc(OCCC(C)(C)O)c(OC)cc23)cc1. The maximum absolute atomic E-state index is 12.6. The molecule has 4 rings (SSSR count). The molecule has 0 spiro atoms. The number of carboxylic acids is 1. The summed E-state index contributed by atoms with van der Waals surface area (Å²) in [7, 11) is 1.56. The lowest BCUT2D eigenvalue weighted by atomic mass is 10.0. The molecule has 1 heterocycles. The van der Waals surface area contributed by atoms with E-state index in [0.717, 1.165) is 10.9 Å². The van der Waals surface area contributed by atoms with Crippen molar-refractivity contribution in [2.24, 2.45) is 5.41 Å². The number of aromatic nitrogens is 1. The van der Waals surface area contributed by atoms with Gasteiger partial charge in [0.05, 0.1) is 30.9 Å². The number of hydrogen-bond acceptors (Lipinski definition) is 7. The molecule has 202 valence electrons. The van der Waals surface area contributed by atoms with Crippen LogP contribution in [0.3, 0.4) is 0 Å². The van der Waals surface area contributed by atoms with E-state index in [1.807, 2.05) is 37.3 Å². The summed E-state index contributed by atoms with van der Waals surface area (Å²) in [5, 5.41) is 23.0. The fourth-order valence-electron chi connectivity index (χ4n) is 4.18. The zero-order valence-corrected chi connectivity index (χ0v) is 22.1. The van der Waals surface area contributed by atoms with E-state index in [9.17, 15) is 19.8 Å². The van der Waals surface area contributed by atoms with Crippen molar-refractivity contribution in [2.45, 2.75) is 58.1 Å². The second kappa shape index (κ2) is 10.9. The maximum atomic E-state index is 12.6. The van der Waals surface area contributed by atoms with Gasteiger partial charge in [-0.05, 0) is 62.9 Å². The second-order valence-corrected chi connectivity index (χ2v) is 10.2. The average Bonchev–Trinajstić information content (AvgIpc) is 3.69. The van der Waals surface area contributed by atoms with Gasteiger partial charge in [0.1, 0.15) is 16.9 Å². The molecule has 1 amide bonds. The molecule has 1 aliphatic rings. The maximum Gasteiger partial charge on any atom is 0.319 e. The van der Waals surface area contributed by atoms with Crippen molar-refractivity contribution >= 4 is 22.8 Å². The Morgan fingerprint density at radius 1 is 1.11 bits per heavy atom. The van der Waals surface area contributed by atoms with E-state index in [0.29, 0.717) is 60.8 Å². The van der Waals surface area contributed by atoms with Gasteiger partial charge in [0.2, 0.25) is 5.91 Å². The van der Waals surface area contributed by atoms with E-state index < -0.39 is 22.9 Å². The summed E-state index contributed by atoms with van der Waals surface area (Å²) in [4.78, 5) is 28.5. The first kappa shape index (κ1) is 27.2. The third kappa shape index (κ3) is 5.99. The highest BCUT2D eigenvalue weighted by Gasteiger charge is 2.57. The minimum Gasteiger partial charge on any atom is -0.493 e. The normalized spacial score (nSPS) is 15.0. The summed E-state index contributed by atoms with van der Waals surface area (Å²) in [5.74, 6) is 0.734. The highest BCUT2D eigenvalue weighted by molar-refractivity contribution is 6.05. The number of benzene rings is 2. The molecule has 1 fully saturated rings. The molecular formula is C29H34N2O7.